The number of ether oxygens (including phenoxy) is 1. The Hall–Kier alpha value is -1.00. The average Bonchev–Trinajstić information content (AvgIpc) is 2.28. The molecule has 0 aliphatic heterocycles. The highest BCUT2D eigenvalue weighted by molar-refractivity contribution is 5.08. The number of nitrogens with zero attached hydrogens (tertiary/aromatic N) is 1. The van der Waals surface area contributed by atoms with E-state index in [0.717, 1.165) is 18.4 Å². The number of pyridine rings is 1. The lowest BCUT2D eigenvalue weighted by Crippen LogP contribution is -2.39. The van der Waals surface area contributed by atoms with Crippen LogP contribution in [-0.2, 0) is 11.3 Å². The van der Waals surface area contributed by atoms with Gasteiger partial charge < -0.3 is 10.5 Å². The Balaban J connectivity index is 1.86. The van der Waals surface area contributed by atoms with E-state index in [1.54, 1.807) is 6.20 Å². The number of hydrogen-bond acceptors (Lipinski definition) is 3. The summed E-state index contributed by atoms with van der Waals surface area (Å²) in [5, 5.41) is 0. The van der Waals surface area contributed by atoms with Gasteiger partial charge in [-0.1, -0.05) is 12.8 Å². The molecule has 0 spiro atoms. The number of nitrogens with two attached hydrogens (primary N) is 1. The van der Waals surface area contributed by atoms with E-state index in [9.17, 15) is 4.39 Å². The van der Waals surface area contributed by atoms with Gasteiger partial charge >= 0.3 is 0 Å². The summed E-state index contributed by atoms with van der Waals surface area (Å²) in [7, 11) is 0. The topological polar surface area (TPSA) is 48.1 Å². The van der Waals surface area contributed by atoms with Gasteiger partial charge in [0, 0.05) is 12.2 Å². The first-order chi connectivity index (χ1) is 7.75. The summed E-state index contributed by atoms with van der Waals surface area (Å²) >= 11 is 0. The summed E-state index contributed by atoms with van der Waals surface area (Å²) < 4.78 is 18.6. The zero-order valence-corrected chi connectivity index (χ0v) is 9.23. The first-order valence-corrected chi connectivity index (χ1v) is 5.72. The lowest BCUT2D eigenvalue weighted by molar-refractivity contribution is 0.00383. The first-order valence-electron chi connectivity index (χ1n) is 5.72. The largest absolute Gasteiger partial charge is 0.372 e. The van der Waals surface area contributed by atoms with Crippen LogP contribution in [0.2, 0.25) is 0 Å². The molecule has 2 rings (SSSR count). The Labute approximate surface area is 94.8 Å². The molecular weight excluding hydrogens is 207 g/mol. The smallest absolute Gasteiger partial charge is 0.141 e. The average molecular weight is 224 g/mol. The highest BCUT2D eigenvalue weighted by Gasteiger charge is 2.22. The van der Waals surface area contributed by atoms with Crippen LogP contribution in [0.25, 0.3) is 0 Å². The Morgan fingerprint density at radius 2 is 2.19 bits per heavy atom. The van der Waals surface area contributed by atoms with E-state index in [1.807, 2.05) is 0 Å². The molecule has 1 aliphatic rings. The molecule has 0 aromatic carbocycles. The van der Waals surface area contributed by atoms with Crippen LogP contribution in [-0.4, -0.2) is 17.1 Å². The van der Waals surface area contributed by atoms with Gasteiger partial charge in [-0.3, -0.25) is 4.98 Å². The van der Waals surface area contributed by atoms with E-state index in [1.165, 1.54) is 25.1 Å². The van der Waals surface area contributed by atoms with Gasteiger partial charge in [0.1, 0.15) is 5.82 Å². The van der Waals surface area contributed by atoms with E-state index < -0.39 is 0 Å². The molecule has 0 bridgehead atoms. The number of halogens is 1. The van der Waals surface area contributed by atoms with Gasteiger partial charge in [0.05, 0.1) is 18.9 Å². The maximum absolute atomic E-state index is 12.9. The van der Waals surface area contributed by atoms with Gasteiger partial charge in [0.15, 0.2) is 0 Å². The molecule has 1 aromatic heterocycles. The second kappa shape index (κ2) is 5.37. The van der Waals surface area contributed by atoms with Crippen molar-refractivity contribution in [1.29, 1.82) is 0 Å². The summed E-state index contributed by atoms with van der Waals surface area (Å²) in [4.78, 5) is 3.78. The minimum atomic E-state index is -0.325. The molecule has 1 heterocycles. The summed E-state index contributed by atoms with van der Waals surface area (Å²) in [6.45, 7) is 0.392. The molecule has 1 aromatic rings. The number of hydrogen-bond donors (Lipinski definition) is 1. The van der Waals surface area contributed by atoms with Crippen molar-refractivity contribution in [2.24, 2.45) is 5.73 Å². The summed E-state index contributed by atoms with van der Waals surface area (Å²) in [5.74, 6) is -0.325. The molecule has 16 heavy (non-hydrogen) atoms. The molecule has 3 nitrogen and oxygen atoms in total. The molecule has 0 radical (unpaired) electrons. The molecule has 2 atom stereocenters. The summed E-state index contributed by atoms with van der Waals surface area (Å²) in [6.07, 6.45) is 7.29. The molecule has 1 fully saturated rings. The summed E-state index contributed by atoms with van der Waals surface area (Å²) in [6, 6.07) is 1.57. The van der Waals surface area contributed by atoms with Crippen molar-refractivity contribution in [3.63, 3.8) is 0 Å². The fourth-order valence-electron chi connectivity index (χ4n) is 2.07. The van der Waals surface area contributed by atoms with E-state index in [2.05, 4.69) is 4.98 Å². The Morgan fingerprint density at radius 1 is 1.38 bits per heavy atom. The van der Waals surface area contributed by atoms with Crippen LogP contribution < -0.4 is 5.73 Å². The predicted octanol–water partition coefficient (Wildman–Crippen LogP) is 2.01. The molecule has 0 amide bonds. The fraction of sp³-hybridized carbons (Fsp3) is 0.583. The molecule has 4 heteroatoms. The van der Waals surface area contributed by atoms with Crippen molar-refractivity contribution in [2.45, 2.75) is 44.4 Å². The molecule has 0 saturated heterocycles. The van der Waals surface area contributed by atoms with Crippen molar-refractivity contribution < 1.29 is 9.13 Å². The quantitative estimate of drug-likeness (QED) is 0.854. The zero-order valence-electron chi connectivity index (χ0n) is 9.23. The number of rotatable bonds is 3. The zero-order chi connectivity index (χ0) is 11.4. The first kappa shape index (κ1) is 11.5. The van der Waals surface area contributed by atoms with E-state index in [-0.39, 0.29) is 18.0 Å². The minimum Gasteiger partial charge on any atom is -0.372 e. The van der Waals surface area contributed by atoms with Gasteiger partial charge in [-0.15, -0.1) is 0 Å². The second-order valence-corrected chi connectivity index (χ2v) is 4.31. The fourth-order valence-corrected chi connectivity index (χ4v) is 2.07. The van der Waals surface area contributed by atoms with Gasteiger partial charge in [0.2, 0.25) is 0 Å². The van der Waals surface area contributed by atoms with Crippen LogP contribution in [0.4, 0.5) is 4.39 Å². The van der Waals surface area contributed by atoms with Crippen molar-refractivity contribution in [3.05, 3.63) is 29.8 Å². The van der Waals surface area contributed by atoms with Crippen LogP contribution in [0.1, 0.15) is 31.2 Å². The van der Waals surface area contributed by atoms with Crippen molar-refractivity contribution >= 4 is 0 Å². The molecular formula is C12H17FN2O. The SMILES string of the molecule is NC1CCCCC1OCc1cncc(F)c1. The molecule has 1 aliphatic carbocycles. The Kier molecular flexibility index (Phi) is 3.85. The summed E-state index contributed by atoms with van der Waals surface area (Å²) in [5.41, 5.74) is 6.72. The van der Waals surface area contributed by atoms with Crippen molar-refractivity contribution in [3.8, 4) is 0 Å². The van der Waals surface area contributed by atoms with E-state index in [4.69, 9.17) is 10.5 Å². The van der Waals surface area contributed by atoms with Crippen molar-refractivity contribution in [2.75, 3.05) is 0 Å². The Morgan fingerprint density at radius 3 is 2.94 bits per heavy atom. The third-order valence-corrected chi connectivity index (χ3v) is 2.98. The standard InChI is InChI=1S/C12H17FN2O/c13-10-5-9(6-15-7-10)8-16-12-4-2-1-3-11(12)14/h5-7,11-12H,1-4,8,14H2. The lowest BCUT2D eigenvalue weighted by atomic mass is 9.93. The monoisotopic (exact) mass is 224 g/mol. The minimum absolute atomic E-state index is 0.108. The van der Waals surface area contributed by atoms with E-state index in [0.29, 0.717) is 6.61 Å². The molecule has 2 N–H and O–H groups in total. The van der Waals surface area contributed by atoms with Crippen molar-refractivity contribution in [1.82, 2.24) is 4.98 Å². The molecule has 1 saturated carbocycles. The van der Waals surface area contributed by atoms with Crippen LogP contribution in [0, 0.1) is 5.82 Å². The van der Waals surface area contributed by atoms with Gasteiger partial charge in [-0.2, -0.15) is 0 Å². The van der Waals surface area contributed by atoms with Crippen LogP contribution in [0.3, 0.4) is 0 Å². The maximum atomic E-state index is 12.9. The van der Waals surface area contributed by atoms with E-state index >= 15 is 0 Å². The predicted molar refractivity (Wildman–Crippen MR) is 59.2 cm³/mol. The van der Waals surface area contributed by atoms with Gasteiger partial charge in [0.25, 0.3) is 0 Å². The highest BCUT2D eigenvalue weighted by atomic mass is 19.1. The van der Waals surface area contributed by atoms with Crippen LogP contribution in [0.5, 0.6) is 0 Å². The maximum Gasteiger partial charge on any atom is 0.141 e. The third-order valence-electron chi connectivity index (χ3n) is 2.98. The lowest BCUT2D eigenvalue weighted by Gasteiger charge is -2.28. The van der Waals surface area contributed by atoms with Gasteiger partial charge in [-0.05, 0) is 24.5 Å². The van der Waals surface area contributed by atoms with Crippen LogP contribution >= 0.6 is 0 Å². The molecule has 88 valence electrons. The Bertz CT molecular complexity index is 346. The molecule has 2 unspecified atom stereocenters. The number of aromatic nitrogens is 1. The highest BCUT2D eigenvalue weighted by Crippen LogP contribution is 2.20. The third kappa shape index (κ3) is 3.00. The normalized spacial score (nSPS) is 25.6. The van der Waals surface area contributed by atoms with Crippen LogP contribution in [0.15, 0.2) is 18.5 Å². The van der Waals surface area contributed by atoms with Gasteiger partial charge in [-0.25, -0.2) is 4.39 Å². The second-order valence-electron chi connectivity index (χ2n) is 4.31.